The summed E-state index contributed by atoms with van der Waals surface area (Å²) >= 11 is 2.60. The quantitative estimate of drug-likeness (QED) is 0.842. The molecule has 0 fully saturated rings. The summed E-state index contributed by atoms with van der Waals surface area (Å²) in [6.07, 6.45) is -4.43. The monoisotopic (exact) mass is 290 g/mol. The van der Waals surface area contributed by atoms with E-state index in [0.717, 1.165) is 11.8 Å². The van der Waals surface area contributed by atoms with E-state index < -0.39 is 11.7 Å². The summed E-state index contributed by atoms with van der Waals surface area (Å²) < 4.78 is 38.7. The Kier molecular flexibility index (Phi) is 3.54. The molecular formula is C11H9F3N2S2. The number of benzene rings is 1. The Morgan fingerprint density at radius 2 is 2.06 bits per heavy atom. The van der Waals surface area contributed by atoms with Crippen molar-refractivity contribution in [2.75, 3.05) is 5.73 Å². The van der Waals surface area contributed by atoms with Crippen LogP contribution in [0.3, 0.4) is 0 Å². The van der Waals surface area contributed by atoms with E-state index in [0.29, 0.717) is 9.24 Å². The van der Waals surface area contributed by atoms with Gasteiger partial charge >= 0.3 is 6.18 Å². The Labute approximate surface area is 110 Å². The molecule has 1 aromatic carbocycles. The SMILES string of the molecule is Cc1csc(Sc2ccc(N)c(C(F)(F)F)c2)n1. The van der Waals surface area contributed by atoms with E-state index in [1.165, 1.54) is 29.2 Å². The summed E-state index contributed by atoms with van der Waals surface area (Å²) in [5, 5.41) is 1.85. The number of halogens is 3. The number of thiazole rings is 1. The van der Waals surface area contributed by atoms with Gasteiger partial charge in [-0.05, 0) is 25.1 Å². The van der Waals surface area contributed by atoms with Crippen molar-refractivity contribution in [1.29, 1.82) is 0 Å². The first kappa shape index (κ1) is 13.2. The lowest BCUT2D eigenvalue weighted by molar-refractivity contribution is -0.137. The first-order valence-electron chi connectivity index (χ1n) is 4.93. The number of nitrogen functional groups attached to an aromatic ring is 1. The van der Waals surface area contributed by atoms with Gasteiger partial charge in [0.25, 0.3) is 0 Å². The van der Waals surface area contributed by atoms with E-state index in [9.17, 15) is 13.2 Å². The molecule has 0 unspecified atom stereocenters. The van der Waals surface area contributed by atoms with Crippen LogP contribution in [-0.4, -0.2) is 4.98 Å². The third kappa shape index (κ3) is 2.97. The Morgan fingerprint density at radius 1 is 1.33 bits per heavy atom. The van der Waals surface area contributed by atoms with Crippen molar-refractivity contribution in [3.05, 3.63) is 34.8 Å². The Bertz CT molecular complexity index is 564. The van der Waals surface area contributed by atoms with Gasteiger partial charge in [0.1, 0.15) is 0 Å². The van der Waals surface area contributed by atoms with E-state index in [-0.39, 0.29) is 5.69 Å². The molecule has 0 atom stereocenters. The molecule has 2 aromatic rings. The van der Waals surface area contributed by atoms with Crippen LogP contribution in [0.25, 0.3) is 0 Å². The van der Waals surface area contributed by atoms with Crippen LogP contribution < -0.4 is 5.73 Å². The minimum atomic E-state index is -4.43. The van der Waals surface area contributed by atoms with Crippen LogP contribution in [0.15, 0.2) is 32.8 Å². The predicted molar refractivity (Wildman–Crippen MR) is 66.8 cm³/mol. The summed E-state index contributed by atoms with van der Waals surface area (Å²) in [7, 11) is 0. The highest BCUT2D eigenvalue weighted by Gasteiger charge is 2.33. The molecule has 2 N–H and O–H groups in total. The second-order valence-corrected chi connectivity index (χ2v) is 5.78. The fourth-order valence-electron chi connectivity index (χ4n) is 1.32. The zero-order chi connectivity index (χ0) is 13.3. The molecule has 2 nitrogen and oxygen atoms in total. The number of rotatable bonds is 2. The Balaban J connectivity index is 2.30. The van der Waals surface area contributed by atoms with Gasteiger partial charge in [0.05, 0.1) is 5.56 Å². The first-order valence-corrected chi connectivity index (χ1v) is 6.62. The summed E-state index contributed by atoms with van der Waals surface area (Å²) in [5.41, 5.74) is 5.12. The van der Waals surface area contributed by atoms with Crippen LogP contribution in [0.5, 0.6) is 0 Å². The highest BCUT2D eigenvalue weighted by atomic mass is 32.2. The first-order chi connectivity index (χ1) is 8.36. The largest absolute Gasteiger partial charge is 0.418 e. The van der Waals surface area contributed by atoms with Gasteiger partial charge in [-0.1, -0.05) is 11.8 Å². The lowest BCUT2D eigenvalue weighted by Crippen LogP contribution is -2.08. The van der Waals surface area contributed by atoms with E-state index in [2.05, 4.69) is 4.98 Å². The molecule has 0 aliphatic carbocycles. The number of hydrogen-bond acceptors (Lipinski definition) is 4. The summed E-state index contributed by atoms with van der Waals surface area (Å²) in [5.74, 6) is 0. The maximum atomic E-state index is 12.7. The maximum absolute atomic E-state index is 12.7. The minimum absolute atomic E-state index is 0.262. The smallest absolute Gasteiger partial charge is 0.398 e. The molecule has 96 valence electrons. The summed E-state index contributed by atoms with van der Waals surface area (Å²) in [4.78, 5) is 4.67. The Morgan fingerprint density at radius 3 is 2.61 bits per heavy atom. The second kappa shape index (κ2) is 4.81. The standard InChI is InChI=1S/C11H9F3N2S2/c1-6-5-17-10(16-6)18-7-2-3-9(15)8(4-7)11(12,13)14/h2-5H,15H2,1H3. The van der Waals surface area contributed by atoms with Gasteiger partial charge in [-0.15, -0.1) is 11.3 Å². The van der Waals surface area contributed by atoms with Crippen molar-refractivity contribution in [3.8, 4) is 0 Å². The fraction of sp³-hybridized carbons (Fsp3) is 0.182. The molecule has 0 aliphatic rings. The number of nitrogens with zero attached hydrogens (tertiary/aromatic N) is 1. The molecule has 2 rings (SSSR count). The minimum Gasteiger partial charge on any atom is -0.398 e. The van der Waals surface area contributed by atoms with Crippen molar-refractivity contribution in [1.82, 2.24) is 4.98 Å². The van der Waals surface area contributed by atoms with Crippen molar-refractivity contribution < 1.29 is 13.2 Å². The lowest BCUT2D eigenvalue weighted by Gasteiger charge is -2.10. The van der Waals surface area contributed by atoms with Gasteiger partial charge in [0.15, 0.2) is 4.34 Å². The molecule has 1 heterocycles. The second-order valence-electron chi connectivity index (χ2n) is 3.60. The molecule has 0 bridgehead atoms. The molecule has 0 saturated heterocycles. The highest BCUT2D eigenvalue weighted by Crippen LogP contribution is 2.38. The third-order valence-electron chi connectivity index (χ3n) is 2.13. The van der Waals surface area contributed by atoms with Crippen molar-refractivity contribution >= 4 is 28.8 Å². The van der Waals surface area contributed by atoms with Crippen LogP contribution in [0, 0.1) is 6.92 Å². The normalized spacial score (nSPS) is 11.8. The van der Waals surface area contributed by atoms with Crippen LogP contribution in [0.1, 0.15) is 11.3 Å². The zero-order valence-electron chi connectivity index (χ0n) is 9.28. The van der Waals surface area contributed by atoms with Crippen LogP contribution in [-0.2, 0) is 6.18 Å². The maximum Gasteiger partial charge on any atom is 0.418 e. The average molecular weight is 290 g/mol. The molecular weight excluding hydrogens is 281 g/mol. The van der Waals surface area contributed by atoms with Gasteiger partial charge in [-0.25, -0.2) is 4.98 Å². The van der Waals surface area contributed by atoms with Crippen molar-refractivity contribution in [2.45, 2.75) is 22.3 Å². The zero-order valence-corrected chi connectivity index (χ0v) is 10.9. The molecule has 18 heavy (non-hydrogen) atoms. The van der Waals surface area contributed by atoms with Gasteiger partial charge in [0, 0.05) is 21.7 Å². The molecule has 0 spiro atoms. The number of alkyl halides is 3. The van der Waals surface area contributed by atoms with Crippen molar-refractivity contribution in [2.24, 2.45) is 0 Å². The van der Waals surface area contributed by atoms with E-state index in [4.69, 9.17) is 5.73 Å². The Hall–Kier alpha value is -1.21. The lowest BCUT2D eigenvalue weighted by atomic mass is 10.2. The summed E-state index contributed by atoms with van der Waals surface area (Å²) in [6, 6.07) is 3.88. The molecule has 0 radical (unpaired) electrons. The van der Waals surface area contributed by atoms with Gasteiger partial charge in [-0.2, -0.15) is 13.2 Å². The van der Waals surface area contributed by atoms with E-state index in [1.54, 1.807) is 6.07 Å². The molecule has 0 amide bonds. The van der Waals surface area contributed by atoms with Gasteiger partial charge < -0.3 is 5.73 Å². The predicted octanol–water partition coefficient (Wildman–Crippen LogP) is 4.20. The molecule has 7 heteroatoms. The molecule has 0 saturated carbocycles. The van der Waals surface area contributed by atoms with Crippen molar-refractivity contribution in [3.63, 3.8) is 0 Å². The molecule has 1 aromatic heterocycles. The summed E-state index contributed by atoms with van der Waals surface area (Å²) in [6.45, 7) is 1.84. The number of aromatic nitrogens is 1. The molecule has 0 aliphatic heterocycles. The number of aryl methyl sites for hydroxylation is 1. The highest BCUT2D eigenvalue weighted by molar-refractivity contribution is 8.01. The van der Waals surface area contributed by atoms with E-state index in [1.807, 2.05) is 12.3 Å². The number of nitrogens with two attached hydrogens (primary N) is 1. The number of anilines is 1. The van der Waals surface area contributed by atoms with Gasteiger partial charge in [-0.3, -0.25) is 0 Å². The average Bonchev–Trinajstić information content (AvgIpc) is 2.65. The van der Waals surface area contributed by atoms with Gasteiger partial charge in [0.2, 0.25) is 0 Å². The number of hydrogen-bond donors (Lipinski definition) is 1. The van der Waals surface area contributed by atoms with E-state index >= 15 is 0 Å². The van der Waals surface area contributed by atoms with Crippen LogP contribution in [0.4, 0.5) is 18.9 Å². The topological polar surface area (TPSA) is 38.9 Å². The van der Waals surface area contributed by atoms with Crippen LogP contribution >= 0.6 is 23.1 Å². The third-order valence-corrected chi connectivity index (χ3v) is 4.18. The van der Waals surface area contributed by atoms with Crippen LogP contribution in [0.2, 0.25) is 0 Å². The fourth-order valence-corrected chi connectivity index (χ4v) is 3.17.